The lowest BCUT2D eigenvalue weighted by Crippen LogP contribution is -2.36. The maximum absolute atomic E-state index is 8.67. The monoisotopic (exact) mass is 215 g/mol. The first-order chi connectivity index (χ1) is 7.69. The average molecular weight is 215 g/mol. The summed E-state index contributed by atoms with van der Waals surface area (Å²) >= 11 is 0. The van der Waals surface area contributed by atoms with Crippen LogP contribution in [0.2, 0.25) is 0 Å². The second kappa shape index (κ2) is 4.57. The number of benzene rings is 1. The lowest BCUT2D eigenvalue weighted by molar-refractivity contribution is 0.0417. The van der Waals surface area contributed by atoms with Crippen LogP contribution in [0.3, 0.4) is 0 Å². The molecule has 0 aliphatic heterocycles. The van der Waals surface area contributed by atoms with Crippen molar-refractivity contribution in [3.05, 3.63) is 29.8 Å². The molecule has 0 amide bonds. The third-order valence-electron chi connectivity index (χ3n) is 3.36. The summed E-state index contributed by atoms with van der Waals surface area (Å²) in [6.45, 7) is 4.53. The van der Waals surface area contributed by atoms with Gasteiger partial charge in [0.2, 0.25) is 0 Å². The maximum atomic E-state index is 8.67. The first-order valence-electron chi connectivity index (χ1n) is 5.86. The molecule has 0 bridgehead atoms. The summed E-state index contributed by atoms with van der Waals surface area (Å²) in [7, 11) is 0. The summed E-state index contributed by atoms with van der Waals surface area (Å²) in [4.78, 5) is 0. The lowest BCUT2D eigenvalue weighted by atomic mass is 9.75. The fourth-order valence-corrected chi connectivity index (χ4v) is 2.05. The molecule has 1 aromatic carbocycles. The zero-order valence-electron chi connectivity index (χ0n) is 9.81. The quantitative estimate of drug-likeness (QED) is 0.774. The number of ether oxygens (including phenoxy) is 1. The minimum Gasteiger partial charge on any atom is -0.490 e. The molecule has 2 nitrogen and oxygen atoms in total. The molecule has 0 atom stereocenters. The summed E-state index contributed by atoms with van der Waals surface area (Å²) in [5, 5.41) is 8.67. The van der Waals surface area contributed by atoms with Gasteiger partial charge in [0, 0.05) is 0 Å². The normalized spacial score (nSPS) is 23.6. The molecular formula is C14H17NO. The van der Waals surface area contributed by atoms with Crippen molar-refractivity contribution in [2.24, 2.45) is 11.8 Å². The number of rotatable bonds is 3. The number of nitriles is 1. The summed E-state index contributed by atoms with van der Waals surface area (Å²) in [5.74, 6) is 2.47. The van der Waals surface area contributed by atoms with E-state index in [1.54, 1.807) is 12.1 Å². The molecule has 0 heterocycles. The van der Waals surface area contributed by atoms with Crippen molar-refractivity contribution in [1.29, 1.82) is 5.26 Å². The Morgan fingerprint density at radius 1 is 1.25 bits per heavy atom. The van der Waals surface area contributed by atoms with Crippen LogP contribution < -0.4 is 4.74 Å². The Labute approximate surface area is 96.9 Å². The van der Waals surface area contributed by atoms with Crippen molar-refractivity contribution in [3.8, 4) is 11.8 Å². The van der Waals surface area contributed by atoms with Crippen LogP contribution in [0.4, 0.5) is 0 Å². The number of hydrogen-bond donors (Lipinski definition) is 0. The predicted molar refractivity (Wildman–Crippen MR) is 63.1 cm³/mol. The van der Waals surface area contributed by atoms with Gasteiger partial charge >= 0.3 is 0 Å². The third kappa shape index (κ3) is 2.36. The maximum Gasteiger partial charge on any atom is 0.119 e. The second-order valence-electron chi connectivity index (χ2n) is 4.85. The van der Waals surface area contributed by atoms with Gasteiger partial charge in [-0.05, 0) is 48.9 Å². The Morgan fingerprint density at radius 3 is 2.38 bits per heavy atom. The molecule has 0 radical (unpaired) electrons. The number of hydrogen-bond acceptors (Lipinski definition) is 2. The van der Waals surface area contributed by atoms with Crippen molar-refractivity contribution in [2.75, 3.05) is 0 Å². The lowest BCUT2D eigenvalue weighted by Gasteiger charge is -2.37. The molecule has 0 N–H and O–H groups in total. The van der Waals surface area contributed by atoms with Crippen LogP contribution >= 0.6 is 0 Å². The Morgan fingerprint density at radius 2 is 1.88 bits per heavy atom. The van der Waals surface area contributed by atoms with E-state index in [2.05, 4.69) is 19.9 Å². The molecule has 0 aromatic heterocycles. The smallest absolute Gasteiger partial charge is 0.119 e. The third-order valence-corrected chi connectivity index (χ3v) is 3.36. The van der Waals surface area contributed by atoms with Gasteiger partial charge in [0.1, 0.15) is 5.75 Å². The minimum atomic E-state index is 0.375. The van der Waals surface area contributed by atoms with E-state index in [9.17, 15) is 0 Å². The van der Waals surface area contributed by atoms with E-state index in [0.29, 0.717) is 11.7 Å². The molecule has 1 aromatic rings. The molecule has 0 saturated heterocycles. The zero-order valence-corrected chi connectivity index (χ0v) is 9.81. The fraction of sp³-hybridized carbons (Fsp3) is 0.500. The minimum absolute atomic E-state index is 0.375. The topological polar surface area (TPSA) is 33.0 Å². The van der Waals surface area contributed by atoms with Gasteiger partial charge in [-0.3, -0.25) is 0 Å². The molecule has 1 fully saturated rings. The van der Waals surface area contributed by atoms with Gasteiger partial charge in [-0.1, -0.05) is 13.8 Å². The molecular weight excluding hydrogens is 198 g/mol. The van der Waals surface area contributed by atoms with Crippen LogP contribution in [-0.4, -0.2) is 6.10 Å². The molecule has 2 rings (SSSR count). The molecule has 2 heteroatoms. The SMILES string of the molecule is CC(C)C1CC(Oc2ccc(C#N)cc2)C1. The largest absolute Gasteiger partial charge is 0.490 e. The summed E-state index contributed by atoms with van der Waals surface area (Å²) in [5.41, 5.74) is 0.681. The van der Waals surface area contributed by atoms with Gasteiger partial charge < -0.3 is 4.74 Å². The molecule has 84 valence electrons. The highest BCUT2D eigenvalue weighted by molar-refractivity contribution is 5.34. The van der Waals surface area contributed by atoms with Gasteiger partial charge in [-0.2, -0.15) is 5.26 Å². The first kappa shape index (κ1) is 11.0. The second-order valence-corrected chi connectivity index (χ2v) is 4.85. The summed E-state index contributed by atoms with van der Waals surface area (Å²) in [6.07, 6.45) is 2.70. The van der Waals surface area contributed by atoms with Crippen molar-refractivity contribution in [3.63, 3.8) is 0 Å². The van der Waals surface area contributed by atoms with E-state index in [0.717, 1.165) is 30.4 Å². The van der Waals surface area contributed by atoms with Crippen molar-refractivity contribution < 1.29 is 4.74 Å². The first-order valence-corrected chi connectivity index (χ1v) is 5.86. The van der Waals surface area contributed by atoms with E-state index in [4.69, 9.17) is 10.00 Å². The van der Waals surface area contributed by atoms with E-state index in [1.165, 1.54) is 0 Å². The highest BCUT2D eigenvalue weighted by atomic mass is 16.5. The van der Waals surface area contributed by atoms with E-state index >= 15 is 0 Å². The molecule has 16 heavy (non-hydrogen) atoms. The molecule has 1 saturated carbocycles. The van der Waals surface area contributed by atoms with Crippen LogP contribution in [0.15, 0.2) is 24.3 Å². The van der Waals surface area contributed by atoms with Gasteiger partial charge in [-0.15, -0.1) is 0 Å². The molecule has 0 unspecified atom stereocenters. The Kier molecular flexibility index (Phi) is 3.14. The molecule has 1 aliphatic carbocycles. The summed E-state index contributed by atoms with van der Waals surface area (Å²) < 4.78 is 5.82. The fourth-order valence-electron chi connectivity index (χ4n) is 2.05. The zero-order chi connectivity index (χ0) is 11.5. The van der Waals surface area contributed by atoms with E-state index in [-0.39, 0.29) is 0 Å². The molecule has 0 spiro atoms. The van der Waals surface area contributed by atoms with E-state index < -0.39 is 0 Å². The summed E-state index contributed by atoms with van der Waals surface area (Å²) in [6, 6.07) is 9.45. The van der Waals surface area contributed by atoms with Gasteiger partial charge in [0.25, 0.3) is 0 Å². The van der Waals surface area contributed by atoms with E-state index in [1.807, 2.05) is 12.1 Å². The van der Waals surface area contributed by atoms with Gasteiger partial charge in [0.15, 0.2) is 0 Å². The van der Waals surface area contributed by atoms with Crippen LogP contribution in [0.25, 0.3) is 0 Å². The van der Waals surface area contributed by atoms with Crippen LogP contribution in [0.1, 0.15) is 32.3 Å². The highest BCUT2D eigenvalue weighted by Crippen LogP contribution is 2.36. The Balaban J connectivity index is 1.85. The van der Waals surface area contributed by atoms with Crippen LogP contribution in [-0.2, 0) is 0 Å². The van der Waals surface area contributed by atoms with Gasteiger partial charge in [-0.25, -0.2) is 0 Å². The predicted octanol–water partition coefficient (Wildman–Crippen LogP) is 3.37. The van der Waals surface area contributed by atoms with Crippen LogP contribution in [0.5, 0.6) is 5.75 Å². The van der Waals surface area contributed by atoms with Crippen LogP contribution in [0, 0.1) is 23.2 Å². The van der Waals surface area contributed by atoms with Crippen molar-refractivity contribution in [1.82, 2.24) is 0 Å². The molecule has 1 aliphatic rings. The average Bonchev–Trinajstić information content (AvgIpc) is 2.23. The van der Waals surface area contributed by atoms with Crippen molar-refractivity contribution in [2.45, 2.75) is 32.8 Å². The standard InChI is InChI=1S/C14H17NO/c1-10(2)12-7-14(8-12)16-13-5-3-11(9-15)4-6-13/h3-6,10,12,14H,7-8H2,1-2H3. The Bertz CT molecular complexity index is 382. The van der Waals surface area contributed by atoms with Crippen molar-refractivity contribution >= 4 is 0 Å². The number of nitrogens with zero attached hydrogens (tertiary/aromatic N) is 1. The Hall–Kier alpha value is -1.49. The highest BCUT2D eigenvalue weighted by Gasteiger charge is 2.32. The van der Waals surface area contributed by atoms with Gasteiger partial charge in [0.05, 0.1) is 17.7 Å².